The van der Waals surface area contributed by atoms with Crippen LogP contribution in [0.5, 0.6) is 0 Å². The second-order valence-corrected chi connectivity index (χ2v) is 5.47. The Balaban J connectivity index is 2.08. The first-order valence-electron chi connectivity index (χ1n) is 7.29. The Hall–Kier alpha value is -3.10. The van der Waals surface area contributed by atoms with Gasteiger partial charge in [-0.2, -0.15) is 17.9 Å². The molecule has 2 heterocycles. The predicted octanol–water partition coefficient (Wildman–Crippen LogP) is 2.17. The van der Waals surface area contributed by atoms with Gasteiger partial charge in [-0.25, -0.2) is 4.98 Å². The highest BCUT2D eigenvalue weighted by Crippen LogP contribution is 2.26. The molecule has 25 heavy (non-hydrogen) atoms. The van der Waals surface area contributed by atoms with E-state index < -0.39 is 28.9 Å². The van der Waals surface area contributed by atoms with E-state index in [0.29, 0.717) is 23.7 Å². The molecule has 130 valence electrons. The number of hydrogen-bond acceptors (Lipinski definition) is 3. The Bertz CT molecular complexity index is 1020. The quantitative estimate of drug-likeness (QED) is 0.759. The molecular weight excluding hydrogens is 337 g/mol. The number of nitrogens with one attached hydrogen (secondary N) is 2. The van der Waals surface area contributed by atoms with Crippen LogP contribution in [0.4, 0.5) is 13.2 Å². The van der Waals surface area contributed by atoms with Crippen LogP contribution in [-0.4, -0.2) is 19.7 Å². The van der Waals surface area contributed by atoms with Gasteiger partial charge in [0.25, 0.3) is 11.1 Å². The van der Waals surface area contributed by atoms with Crippen LogP contribution in [0.3, 0.4) is 0 Å². The monoisotopic (exact) mass is 350 g/mol. The van der Waals surface area contributed by atoms with Crippen molar-refractivity contribution in [3.8, 4) is 5.95 Å². The highest BCUT2D eigenvalue weighted by atomic mass is 19.4. The van der Waals surface area contributed by atoms with Crippen molar-refractivity contribution in [1.29, 1.82) is 0 Å². The minimum Gasteiger partial charge on any atom is -0.292 e. The third kappa shape index (κ3) is 3.39. The van der Waals surface area contributed by atoms with Gasteiger partial charge in [0, 0.05) is 23.7 Å². The van der Waals surface area contributed by atoms with Crippen LogP contribution in [0, 0.1) is 6.92 Å². The summed E-state index contributed by atoms with van der Waals surface area (Å²) >= 11 is 0. The molecule has 2 aromatic heterocycles. The van der Waals surface area contributed by atoms with Crippen LogP contribution in [0.25, 0.3) is 5.95 Å². The van der Waals surface area contributed by atoms with Gasteiger partial charge in [0.2, 0.25) is 5.95 Å². The number of halogens is 3. The first-order chi connectivity index (χ1) is 11.8. The van der Waals surface area contributed by atoms with Crippen LogP contribution < -0.4 is 11.1 Å². The van der Waals surface area contributed by atoms with Crippen LogP contribution >= 0.6 is 0 Å². The summed E-state index contributed by atoms with van der Waals surface area (Å²) in [6, 6.07) is 9.49. The van der Waals surface area contributed by atoms with E-state index in [-0.39, 0.29) is 0 Å². The smallest absolute Gasteiger partial charge is 0.292 e. The first kappa shape index (κ1) is 16.7. The van der Waals surface area contributed by atoms with Crippen molar-refractivity contribution < 1.29 is 13.2 Å². The van der Waals surface area contributed by atoms with Gasteiger partial charge in [-0.1, -0.05) is 30.3 Å². The summed E-state index contributed by atoms with van der Waals surface area (Å²) in [5.74, 6) is -0.507. The fourth-order valence-electron chi connectivity index (χ4n) is 2.43. The normalized spacial score (nSPS) is 11.7. The Morgan fingerprint density at radius 2 is 1.84 bits per heavy atom. The summed E-state index contributed by atoms with van der Waals surface area (Å²) in [7, 11) is 0. The summed E-state index contributed by atoms with van der Waals surface area (Å²) < 4.78 is 39.3. The van der Waals surface area contributed by atoms with Crippen LogP contribution in [0.2, 0.25) is 0 Å². The van der Waals surface area contributed by atoms with E-state index >= 15 is 0 Å². The molecule has 0 saturated carbocycles. The van der Waals surface area contributed by atoms with E-state index in [1.165, 1.54) is 0 Å². The lowest BCUT2D eigenvalue weighted by molar-refractivity contribution is -0.141. The zero-order chi connectivity index (χ0) is 18.2. The first-order valence-corrected chi connectivity index (χ1v) is 7.29. The lowest BCUT2D eigenvalue weighted by atomic mass is 10.1. The molecule has 0 bridgehead atoms. The average Bonchev–Trinajstić information content (AvgIpc) is 2.83. The van der Waals surface area contributed by atoms with Crippen molar-refractivity contribution in [2.45, 2.75) is 19.5 Å². The molecule has 0 radical (unpaired) electrons. The molecule has 6 nitrogen and oxygen atoms in total. The fourth-order valence-corrected chi connectivity index (χ4v) is 2.43. The minimum atomic E-state index is -4.79. The summed E-state index contributed by atoms with van der Waals surface area (Å²) in [5.41, 5.74) is -1.19. The lowest BCUT2D eigenvalue weighted by Crippen LogP contribution is -2.25. The number of rotatable bonds is 3. The number of aromatic nitrogens is 4. The summed E-state index contributed by atoms with van der Waals surface area (Å²) in [4.78, 5) is 29.6. The van der Waals surface area contributed by atoms with Crippen molar-refractivity contribution in [3.05, 3.63) is 79.6 Å². The molecule has 0 atom stereocenters. The number of aryl methyl sites for hydroxylation is 1. The molecule has 0 aliphatic heterocycles. The molecule has 3 aromatic rings. The highest BCUT2D eigenvalue weighted by Gasteiger charge is 2.34. The lowest BCUT2D eigenvalue weighted by Gasteiger charge is -2.07. The second-order valence-electron chi connectivity index (χ2n) is 5.47. The molecule has 0 spiro atoms. The van der Waals surface area contributed by atoms with E-state index in [1.807, 2.05) is 30.3 Å². The van der Waals surface area contributed by atoms with Gasteiger partial charge in [0.15, 0.2) is 5.69 Å². The number of aromatic amines is 2. The number of benzene rings is 1. The Labute approximate surface area is 139 Å². The van der Waals surface area contributed by atoms with Crippen molar-refractivity contribution in [2.24, 2.45) is 0 Å². The zero-order valence-corrected chi connectivity index (χ0v) is 13.0. The van der Waals surface area contributed by atoms with Crippen LogP contribution in [-0.2, 0) is 12.6 Å². The molecule has 0 fully saturated rings. The van der Waals surface area contributed by atoms with Gasteiger partial charge >= 0.3 is 6.18 Å². The van der Waals surface area contributed by atoms with E-state index in [4.69, 9.17) is 0 Å². The van der Waals surface area contributed by atoms with E-state index in [0.717, 1.165) is 10.2 Å². The third-order valence-electron chi connectivity index (χ3n) is 3.65. The maximum atomic E-state index is 12.8. The van der Waals surface area contributed by atoms with E-state index in [1.54, 1.807) is 6.92 Å². The van der Waals surface area contributed by atoms with Crippen molar-refractivity contribution in [1.82, 2.24) is 19.7 Å². The largest absolute Gasteiger partial charge is 0.433 e. The molecule has 1 aromatic carbocycles. The Morgan fingerprint density at radius 3 is 2.48 bits per heavy atom. The average molecular weight is 350 g/mol. The van der Waals surface area contributed by atoms with Crippen molar-refractivity contribution in [3.63, 3.8) is 0 Å². The fraction of sp³-hybridized carbons (Fsp3) is 0.188. The van der Waals surface area contributed by atoms with Gasteiger partial charge in [-0.15, -0.1) is 0 Å². The molecule has 0 amide bonds. The number of alkyl halides is 3. The minimum absolute atomic E-state index is 0.304. The third-order valence-corrected chi connectivity index (χ3v) is 3.65. The summed E-state index contributed by atoms with van der Waals surface area (Å²) in [6.07, 6.45) is -4.49. The summed E-state index contributed by atoms with van der Waals surface area (Å²) in [6.45, 7) is 1.63. The number of nitrogens with zero attached hydrogens (tertiary/aromatic N) is 2. The van der Waals surface area contributed by atoms with Gasteiger partial charge in [-0.05, 0) is 12.5 Å². The van der Waals surface area contributed by atoms with Crippen LogP contribution in [0.15, 0.2) is 46.0 Å². The molecule has 3 rings (SSSR count). The highest BCUT2D eigenvalue weighted by molar-refractivity contribution is 5.29. The SMILES string of the molecule is Cc1[nH]n(-c2nc(C(F)(F)F)cc(=O)[nH]2)c(=O)c1Cc1ccccc1. The van der Waals surface area contributed by atoms with Gasteiger partial charge in [-0.3, -0.25) is 19.7 Å². The van der Waals surface area contributed by atoms with Crippen LogP contribution in [0.1, 0.15) is 22.5 Å². The molecule has 0 aliphatic carbocycles. The van der Waals surface area contributed by atoms with Gasteiger partial charge in [0.05, 0.1) is 0 Å². The van der Waals surface area contributed by atoms with Crippen molar-refractivity contribution >= 4 is 0 Å². The second kappa shape index (κ2) is 6.08. The Kier molecular flexibility index (Phi) is 4.07. The van der Waals surface area contributed by atoms with Crippen molar-refractivity contribution in [2.75, 3.05) is 0 Å². The standard InChI is InChI=1S/C16H13F3N4O2/c1-9-11(7-10-5-3-2-4-6-10)14(25)23(22-9)15-20-12(16(17,18)19)8-13(24)21-15/h2-6,8,22H,7H2,1H3,(H,20,21,24). The van der Waals surface area contributed by atoms with E-state index in [2.05, 4.69) is 15.1 Å². The van der Waals surface area contributed by atoms with Gasteiger partial charge in [0.1, 0.15) is 0 Å². The zero-order valence-electron chi connectivity index (χ0n) is 13.0. The Morgan fingerprint density at radius 1 is 1.16 bits per heavy atom. The summed E-state index contributed by atoms with van der Waals surface area (Å²) in [5, 5.41) is 2.66. The topological polar surface area (TPSA) is 83.5 Å². The maximum absolute atomic E-state index is 12.8. The number of hydrogen-bond donors (Lipinski definition) is 2. The molecular formula is C16H13F3N4O2. The van der Waals surface area contributed by atoms with E-state index in [9.17, 15) is 22.8 Å². The number of H-pyrrole nitrogens is 2. The van der Waals surface area contributed by atoms with Gasteiger partial charge < -0.3 is 0 Å². The predicted molar refractivity (Wildman–Crippen MR) is 83.8 cm³/mol. The molecule has 0 unspecified atom stereocenters. The molecule has 0 saturated heterocycles. The maximum Gasteiger partial charge on any atom is 0.433 e. The molecule has 2 N–H and O–H groups in total. The molecule has 9 heteroatoms. The molecule has 0 aliphatic rings.